The highest BCUT2D eigenvalue weighted by molar-refractivity contribution is 7.89. The fraction of sp³-hybridized carbons (Fsp3) is 0.231. The lowest BCUT2D eigenvalue weighted by Gasteiger charge is -2.17. The molecule has 0 aliphatic rings. The molecular weight excluding hydrogens is 565 g/mol. The van der Waals surface area contributed by atoms with Gasteiger partial charge in [0.25, 0.3) is 0 Å². The number of alkyl halides is 6. The zero-order valence-corrected chi connectivity index (χ0v) is 21.5. The van der Waals surface area contributed by atoms with E-state index in [2.05, 4.69) is 4.98 Å². The van der Waals surface area contributed by atoms with Crippen LogP contribution in [-0.2, 0) is 22.6 Å². The number of fused-ring (bicyclic) bond motifs is 1. The summed E-state index contributed by atoms with van der Waals surface area (Å²) >= 11 is 0. The van der Waals surface area contributed by atoms with E-state index in [-0.39, 0.29) is 45.5 Å². The quantitative estimate of drug-likeness (QED) is 0.262. The van der Waals surface area contributed by atoms with Crippen molar-refractivity contribution in [3.8, 4) is 23.1 Å². The first-order valence-corrected chi connectivity index (χ1v) is 13.1. The van der Waals surface area contributed by atoms with E-state index in [1.54, 1.807) is 6.92 Å². The molecule has 0 aliphatic carbocycles. The normalized spacial score (nSPS) is 13.4. The molecule has 0 spiro atoms. The molecule has 40 heavy (non-hydrogen) atoms. The summed E-state index contributed by atoms with van der Waals surface area (Å²) in [5.74, 6) is -0.609. The fourth-order valence-electron chi connectivity index (χ4n) is 4.09. The van der Waals surface area contributed by atoms with Gasteiger partial charge in [0, 0.05) is 17.3 Å². The third-order valence-electron chi connectivity index (χ3n) is 6.19. The lowest BCUT2D eigenvalue weighted by atomic mass is 10.1. The van der Waals surface area contributed by atoms with Crippen LogP contribution in [0.4, 0.5) is 30.7 Å². The van der Waals surface area contributed by atoms with Gasteiger partial charge >= 0.3 is 12.4 Å². The lowest BCUT2D eigenvalue weighted by Crippen LogP contribution is -2.42. The minimum atomic E-state index is -4.84. The van der Waals surface area contributed by atoms with E-state index < -0.39 is 44.7 Å². The van der Waals surface area contributed by atoms with Crippen LogP contribution in [0.5, 0.6) is 0 Å². The Hall–Kier alpha value is -3.96. The van der Waals surface area contributed by atoms with E-state index in [0.717, 1.165) is 48.7 Å². The van der Waals surface area contributed by atoms with Gasteiger partial charge in [-0.1, -0.05) is 6.92 Å². The molecular formula is C26H19F7N4O2S. The molecule has 4 rings (SSSR count). The summed E-state index contributed by atoms with van der Waals surface area (Å²) in [6.07, 6.45) is -8.39. The first-order valence-electron chi connectivity index (χ1n) is 11.6. The summed E-state index contributed by atoms with van der Waals surface area (Å²) in [7, 11) is -4.64. The van der Waals surface area contributed by atoms with Crippen molar-refractivity contribution in [1.82, 2.24) is 14.3 Å². The van der Waals surface area contributed by atoms with Crippen LogP contribution >= 0.6 is 0 Å². The van der Waals surface area contributed by atoms with Gasteiger partial charge in [-0.05, 0) is 67.4 Å². The Morgan fingerprint density at radius 3 is 2.20 bits per heavy atom. The minimum absolute atomic E-state index is 0.0190. The number of halogens is 7. The van der Waals surface area contributed by atoms with Crippen LogP contribution in [0, 0.1) is 17.1 Å². The number of nitrogens with zero attached hydrogens (tertiary/aromatic N) is 3. The van der Waals surface area contributed by atoms with Gasteiger partial charge in [-0.2, -0.15) is 36.3 Å². The number of aryl methyl sites for hydroxylation is 1. The topological polar surface area (TPSA) is 87.8 Å². The van der Waals surface area contributed by atoms with Crippen LogP contribution in [-0.4, -0.2) is 30.2 Å². The van der Waals surface area contributed by atoms with Gasteiger partial charge in [-0.25, -0.2) is 12.8 Å². The monoisotopic (exact) mass is 584 g/mol. The Kier molecular flexibility index (Phi) is 7.42. The Labute approximate surface area is 223 Å². The summed E-state index contributed by atoms with van der Waals surface area (Å²) in [5, 5.41) is 10.1. The molecule has 2 heterocycles. The summed E-state index contributed by atoms with van der Waals surface area (Å²) in [6.45, 7) is 2.32. The van der Waals surface area contributed by atoms with Gasteiger partial charge < -0.3 is 4.57 Å². The minimum Gasteiger partial charge on any atom is -0.307 e. The van der Waals surface area contributed by atoms with E-state index in [9.17, 15) is 44.4 Å². The maximum Gasteiger partial charge on any atom is 0.416 e. The van der Waals surface area contributed by atoms with Crippen LogP contribution in [0.3, 0.4) is 0 Å². The third kappa shape index (κ3) is 5.39. The average Bonchev–Trinajstić information content (AvgIpc) is 3.19. The molecule has 4 aromatic rings. The number of rotatable bonds is 6. The van der Waals surface area contributed by atoms with E-state index in [1.807, 2.05) is 6.07 Å². The predicted octanol–water partition coefficient (Wildman–Crippen LogP) is 6.51. The van der Waals surface area contributed by atoms with Gasteiger partial charge in [0.2, 0.25) is 10.0 Å². The van der Waals surface area contributed by atoms with Crippen LogP contribution in [0.25, 0.3) is 28.0 Å². The molecule has 0 amide bonds. The van der Waals surface area contributed by atoms with Gasteiger partial charge in [-0.15, -0.1) is 0 Å². The molecule has 6 nitrogen and oxygen atoms in total. The summed E-state index contributed by atoms with van der Waals surface area (Å²) in [5.41, 5.74) is -0.314. The molecule has 0 fully saturated rings. The highest BCUT2D eigenvalue weighted by Crippen LogP contribution is 2.38. The summed E-state index contributed by atoms with van der Waals surface area (Å²) < 4.78 is 121. The van der Waals surface area contributed by atoms with E-state index in [0.29, 0.717) is 6.92 Å². The van der Waals surface area contributed by atoms with Crippen LogP contribution in [0.2, 0.25) is 0 Å². The number of sulfonamides is 1. The molecule has 0 radical (unpaired) electrons. The number of hydrogen-bond donors (Lipinski definition) is 1. The SMILES string of the molecule is CCc1cc2c(cc1F)c(C#N)c(-c1ccc(S(=O)(=O)N[C@@H](C)C(F)(F)F)cn1)n2-c1ccc(C(F)(F)F)cc1. The molecule has 1 atom stereocenters. The van der Waals surface area contributed by atoms with Crippen molar-refractivity contribution in [2.45, 2.75) is 43.6 Å². The van der Waals surface area contributed by atoms with Crippen molar-refractivity contribution >= 4 is 20.9 Å². The molecule has 0 aliphatic heterocycles. The van der Waals surface area contributed by atoms with E-state index in [1.165, 1.54) is 15.4 Å². The Morgan fingerprint density at radius 1 is 1.05 bits per heavy atom. The molecule has 1 N–H and O–H groups in total. The molecule has 2 aromatic heterocycles. The summed E-state index contributed by atoms with van der Waals surface area (Å²) in [4.78, 5) is 3.46. The number of aromatic nitrogens is 2. The molecule has 0 bridgehead atoms. The van der Waals surface area contributed by atoms with Gasteiger partial charge in [-0.3, -0.25) is 4.98 Å². The van der Waals surface area contributed by atoms with Crippen molar-refractivity contribution in [2.24, 2.45) is 0 Å². The van der Waals surface area contributed by atoms with Crippen molar-refractivity contribution < 1.29 is 39.2 Å². The number of hydrogen-bond acceptors (Lipinski definition) is 4. The summed E-state index contributed by atoms with van der Waals surface area (Å²) in [6, 6.07) is 8.23. The Balaban J connectivity index is 1.93. The zero-order chi connectivity index (χ0) is 29.6. The number of pyridine rings is 1. The number of nitrogens with one attached hydrogen (secondary N) is 1. The second-order valence-electron chi connectivity index (χ2n) is 8.79. The molecule has 2 aromatic carbocycles. The Bertz CT molecular complexity index is 1720. The Morgan fingerprint density at radius 2 is 1.70 bits per heavy atom. The van der Waals surface area contributed by atoms with Gasteiger partial charge in [0.15, 0.2) is 0 Å². The predicted molar refractivity (Wildman–Crippen MR) is 131 cm³/mol. The smallest absolute Gasteiger partial charge is 0.307 e. The maximum absolute atomic E-state index is 14.7. The first-order chi connectivity index (χ1) is 18.6. The molecule has 14 heteroatoms. The molecule has 0 unspecified atom stereocenters. The highest BCUT2D eigenvalue weighted by Gasteiger charge is 2.39. The van der Waals surface area contributed by atoms with Gasteiger partial charge in [0.05, 0.1) is 28.0 Å². The zero-order valence-electron chi connectivity index (χ0n) is 20.7. The first kappa shape index (κ1) is 29.0. The fourth-order valence-corrected chi connectivity index (χ4v) is 5.27. The number of nitriles is 1. The van der Waals surface area contributed by atoms with Gasteiger partial charge in [0.1, 0.15) is 22.8 Å². The van der Waals surface area contributed by atoms with Crippen molar-refractivity contribution in [3.05, 3.63) is 77.2 Å². The van der Waals surface area contributed by atoms with Crippen LogP contribution < -0.4 is 4.72 Å². The van der Waals surface area contributed by atoms with E-state index >= 15 is 0 Å². The van der Waals surface area contributed by atoms with Crippen molar-refractivity contribution in [2.75, 3.05) is 0 Å². The molecule has 0 saturated heterocycles. The van der Waals surface area contributed by atoms with Crippen LogP contribution in [0.1, 0.15) is 30.5 Å². The second-order valence-corrected chi connectivity index (χ2v) is 10.5. The maximum atomic E-state index is 14.7. The van der Waals surface area contributed by atoms with E-state index in [4.69, 9.17) is 0 Å². The van der Waals surface area contributed by atoms with Crippen LogP contribution in [0.15, 0.2) is 59.6 Å². The van der Waals surface area contributed by atoms with Crippen molar-refractivity contribution in [1.29, 1.82) is 5.26 Å². The average molecular weight is 585 g/mol. The van der Waals surface area contributed by atoms with Crippen molar-refractivity contribution in [3.63, 3.8) is 0 Å². The third-order valence-corrected chi connectivity index (χ3v) is 7.72. The standard InChI is InChI=1S/C26H19F7N4O2S/c1-3-15-10-23-19(11-21(15)27)20(12-34)24(37(23)17-6-4-16(5-7-17)26(31,32)33)22-9-8-18(13-35-22)40(38,39)36-14(2)25(28,29)30/h4-11,13-14,36H,3H2,1-2H3/t14-/m0/s1. The second kappa shape index (κ2) is 10.2. The highest BCUT2D eigenvalue weighted by atomic mass is 32.2. The molecule has 0 saturated carbocycles. The largest absolute Gasteiger partial charge is 0.416 e. The molecule has 210 valence electrons. The number of benzene rings is 2. The lowest BCUT2D eigenvalue weighted by molar-refractivity contribution is -0.147.